The second-order valence-corrected chi connectivity index (χ2v) is 7.66. The molecule has 30 heavy (non-hydrogen) atoms. The van der Waals surface area contributed by atoms with E-state index in [1.54, 1.807) is 4.90 Å². The second-order valence-electron chi connectivity index (χ2n) is 7.66. The summed E-state index contributed by atoms with van der Waals surface area (Å²) >= 11 is 0. The summed E-state index contributed by atoms with van der Waals surface area (Å²) in [5.41, 5.74) is 3.95. The zero-order valence-corrected chi connectivity index (χ0v) is 17.3. The molecular weight excluding hydrogens is 374 g/mol. The second kappa shape index (κ2) is 9.46. The maximum absolute atomic E-state index is 12.7. The van der Waals surface area contributed by atoms with Gasteiger partial charge in [0.2, 0.25) is 0 Å². The predicted molar refractivity (Wildman–Crippen MR) is 121 cm³/mol. The molecule has 1 fully saturated rings. The van der Waals surface area contributed by atoms with Gasteiger partial charge in [0.15, 0.2) is 6.61 Å². The highest BCUT2D eigenvalue weighted by Gasteiger charge is 2.20. The number of benzene rings is 3. The molecule has 5 nitrogen and oxygen atoms in total. The highest BCUT2D eigenvalue weighted by Crippen LogP contribution is 2.30. The third kappa shape index (κ3) is 4.81. The molecule has 0 aromatic heterocycles. The highest BCUT2D eigenvalue weighted by molar-refractivity contribution is 5.95. The molecule has 1 aliphatic heterocycles. The maximum atomic E-state index is 12.7. The van der Waals surface area contributed by atoms with Gasteiger partial charge in [0.1, 0.15) is 5.75 Å². The van der Waals surface area contributed by atoms with Gasteiger partial charge in [-0.1, -0.05) is 60.7 Å². The minimum Gasteiger partial charge on any atom is -0.483 e. The lowest BCUT2D eigenvalue weighted by molar-refractivity contribution is -0.880. The third-order valence-corrected chi connectivity index (χ3v) is 5.47. The van der Waals surface area contributed by atoms with Crippen molar-refractivity contribution < 1.29 is 14.4 Å². The zero-order valence-electron chi connectivity index (χ0n) is 17.3. The molecule has 0 bridgehead atoms. The SMILES string of the molecule is C[NH+]1CCN(c2ccccc2NC(=O)COc2ccccc2-c2ccccc2)CC1. The molecule has 0 spiro atoms. The van der Waals surface area contributed by atoms with Crippen molar-refractivity contribution in [3.8, 4) is 16.9 Å². The quantitative estimate of drug-likeness (QED) is 0.667. The van der Waals surface area contributed by atoms with Crippen LogP contribution in [0, 0.1) is 0 Å². The van der Waals surface area contributed by atoms with E-state index in [-0.39, 0.29) is 12.5 Å². The molecule has 0 saturated carbocycles. The first-order valence-corrected chi connectivity index (χ1v) is 10.4. The molecule has 1 heterocycles. The molecule has 0 atom stereocenters. The van der Waals surface area contributed by atoms with E-state index in [9.17, 15) is 4.79 Å². The first-order valence-electron chi connectivity index (χ1n) is 10.4. The van der Waals surface area contributed by atoms with Crippen LogP contribution in [0.5, 0.6) is 5.75 Å². The standard InChI is InChI=1S/C25H27N3O2/c1-27-15-17-28(18-16-27)23-13-7-6-12-22(23)26-25(29)19-30-24-14-8-5-11-21(24)20-9-3-2-4-10-20/h2-14H,15-19H2,1H3,(H,26,29)/p+1. The van der Waals surface area contributed by atoms with E-state index < -0.39 is 0 Å². The molecule has 0 unspecified atom stereocenters. The van der Waals surface area contributed by atoms with Crippen LogP contribution in [0.25, 0.3) is 11.1 Å². The Bertz CT molecular complexity index is 982. The van der Waals surface area contributed by atoms with Crippen LogP contribution in [-0.4, -0.2) is 45.7 Å². The lowest BCUT2D eigenvalue weighted by Crippen LogP contribution is -3.12. The molecule has 2 N–H and O–H groups in total. The van der Waals surface area contributed by atoms with Crippen LogP contribution in [0.2, 0.25) is 0 Å². The number of para-hydroxylation sites is 3. The van der Waals surface area contributed by atoms with E-state index in [2.05, 4.69) is 23.3 Å². The predicted octanol–water partition coefficient (Wildman–Crippen LogP) is 2.71. The van der Waals surface area contributed by atoms with Crippen molar-refractivity contribution in [2.45, 2.75) is 0 Å². The molecule has 4 rings (SSSR count). The number of ether oxygens (including phenoxy) is 1. The normalized spacial score (nSPS) is 14.4. The van der Waals surface area contributed by atoms with Gasteiger partial charge in [0.25, 0.3) is 5.91 Å². The molecule has 0 aliphatic carbocycles. The Hall–Kier alpha value is -3.31. The van der Waals surface area contributed by atoms with Gasteiger partial charge >= 0.3 is 0 Å². The minimum atomic E-state index is -0.162. The first-order chi connectivity index (χ1) is 14.7. The number of likely N-dealkylation sites (N-methyl/N-ethyl adjacent to an activating group) is 1. The average Bonchev–Trinajstić information content (AvgIpc) is 2.79. The summed E-state index contributed by atoms with van der Waals surface area (Å²) in [6, 6.07) is 25.8. The molecular formula is C25H28N3O2+. The third-order valence-electron chi connectivity index (χ3n) is 5.47. The first kappa shape index (κ1) is 20.0. The number of carbonyl (C=O) groups is 1. The lowest BCUT2D eigenvalue weighted by Gasteiger charge is -2.33. The Morgan fingerprint density at radius 3 is 2.40 bits per heavy atom. The van der Waals surface area contributed by atoms with Gasteiger partial charge in [0.05, 0.1) is 44.6 Å². The zero-order chi connectivity index (χ0) is 20.8. The van der Waals surface area contributed by atoms with Gasteiger partial charge in [0, 0.05) is 5.56 Å². The summed E-state index contributed by atoms with van der Waals surface area (Å²) in [5.74, 6) is 0.541. The fourth-order valence-electron chi connectivity index (χ4n) is 3.76. The Balaban J connectivity index is 1.42. The number of amides is 1. The summed E-state index contributed by atoms with van der Waals surface area (Å²) in [4.78, 5) is 16.5. The van der Waals surface area contributed by atoms with Crippen molar-refractivity contribution in [1.82, 2.24) is 0 Å². The van der Waals surface area contributed by atoms with Crippen LogP contribution in [0.1, 0.15) is 0 Å². The fourth-order valence-corrected chi connectivity index (χ4v) is 3.76. The van der Waals surface area contributed by atoms with Gasteiger partial charge in [-0.05, 0) is 23.8 Å². The van der Waals surface area contributed by atoms with Crippen LogP contribution < -0.4 is 19.9 Å². The van der Waals surface area contributed by atoms with Gasteiger partial charge < -0.3 is 19.9 Å². The number of piperazine rings is 1. The molecule has 3 aromatic rings. The van der Waals surface area contributed by atoms with Gasteiger partial charge in [-0.3, -0.25) is 4.79 Å². The molecule has 1 amide bonds. The largest absolute Gasteiger partial charge is 0.483 e. The van der Waals surface area contributed by atoms with Crippen molar-refractivity contribution in [3.63, 3.8) is 0 Å². The van der Waals surface area contributed by atoms with Crippen LogP contribution in [-0.2, 0) is 4.79 Å². The Kier molecular flexibility index (Phi) is 6.30. The van der Waals surface area contributed by atoms with Crippen LogP contribution >= 0.6 is 0 Å². The fraction of sp³-hybridized carbons (Fsp3) is 0.240. The minimum absolute atomic E-state index is 0.0366. The Morgan fingerprint density at radius 2 is 1.60 bits per heavy atom. The summed E-state index contributed by atoms with van der Waals surface area (Å²) < 4.78 is 5.90. The highest BCUT2D eigenvalue weighted by atomic mass is 16.5. The van der Waals surface area contributed by atoms with E-state index in [4.69, 9.17) is 4.74 Å². The molecule has 1 saturated heterocycles. The number of anilines is 2. The maximum Gasteiger partial charge on any atom is 0.262 e. The van der Waals surface area contributed by atoms with Gasteiger partial charge in [-0.2, -0.15) is 0 Å². The van der Waals surface area contributed by atoms with Gasteiger partial charge in [-0.25, -0.2) is 0 Å². The Morgan fingerprint density at radius 1 is 0.933 bits per heavy atom. The Labute approximate surface area is 177 Å². The van der Waals surface area contributed by atoms with Gasteiger partial charge in [-0.15, -0.1) is 0 Å². The smallest absolute Gasteiger partial charge is 0.262 e. The van der Waals surface area contributed by atoms with Crippen molar-refractivity contribution in [1.29, 1.82) is 0 Å². The topological polar surface area (TPSA) is 46.0 Å². The number of hydrogen-bond acceptors (Lipinski definition) is 3. The number of nitrogens with one attached hydrogen (secondary N) is 2. The summed E-state index contributed by atoms with van der Waals surface area (Å²) in [7, 11) is 2.22. The molecule has 1 aliphatic rings. The van der Waals surface area contributed by atoms with E-state index in [0.29, 0.717) is 5.75 Å². The number of nitrogens with zero attached hydrogens (tertiary/aromatic N) is 1. The van der Waals surface area contributed by atoms with Crippen LogP contribution in [0.15, 0.2) is 78.9 Å². The number of rotatable bonds is 6. The molecule has 5 heteroatoms. The number of quaternary nitrogens is 1. The van der Waals surface area contributed by atoms with E-state index >= 15 is 0 Å². The monoisotopic (exact) mass is 402 g/mol. The van der Waals surface area contributed by atoms with E-state index in [1.165, 1.54) is 0 Å². The summed E-state index contributed by atoms with van der Waals surface area (Å²) in [6.07, 6.45) is 0. The van der Waals surface area contributed by atoms with E-state index in [1.807, 2.05) is 72.8 Å². The molecule has 3 aromatic carbocycles. The molecule has 154 valence electrons. The van der Waals surface area contributed by atoms with Crippen LogP contribution in [0.3, 0.4) is 0 Å². The van der Waals surface area contributed by atoms with Crippen molar-refractivity contribution >= 4 is 17.3 Å². The lowest BCUT2D eigenvalue weighted by atomic mass is 10.1. The van der Waals surface area contributed by atoms with Crippen molar-refractivity contribution in [2.24, 2.45) is 0 Å². The van der Waals surface area contributed by atoms with Crippen molar-refractivity contribution in [2.75, 3.05) is 50.1 Å². The summed E-state index contributed by atoms with van der Waals surface area (Å²) in [5, 5.41) is 3.04. The molecule has 0 radical (unpaired) electrons. The van der Waals surface area contributed by atoms with Crippen LogP contribution in [0.4, 0.5) is 11.4 Å². The number of hydrogen-bond donors (Lipinski definition) is 2. The number of carbonyl (C=O) groups excluding carboxylic acids is 1. The average molecular weight is 403 g/mol. The van der Waals surface area contributed by atoms with Crippen molar-refractivity contribution in [3.05, 3.63) is 78.9 Å². The summed E-state index contributed by atoms with van der Waals surface area (Å²) in [6.45, 7) is 4.13. The van der Waals surface area contributed by atoms with E-state index in [0.717, 1.165) is 48.7 Å².